The average Bonchev–Trinajstić information content (AvgIpc) is 2.95. The molecule has 5 heteroatoms. The van der Waals surface area contributed by atoms with E-state index in [1.165, 1.54) is 0 Å². The third kappa shape index (κ3) is 3.74. The molecule has 0 aliphatic rings. The summed E-state index contributed by atoms with van der Waals surface area (Å²) in [4.78, 5) is 4.63. The zero-order valence-electron chi connectivity index (χ0n) is 12.9. The Kier molecular flexibility index (Phi) is 5.20. The highest BCUT2D eigenvalue weighted by Gasteiger charge is 2.14. The van der Waals surface area contributed by atoms with Gasteiger partial charge < -0.3 is 15.2 Å². The van der Waals surface area contributed by atoms with Crippen LogP contribution in [0.3, 0.4) is 0 Å². The van der Waals surface area contributed by atoms with E-state index in [1.807, 2.05) is 18.2 Å². The van der Waals surface area contributed by atoms with Crippen LogP contribution in [0.5, 0.6) is 11.5 Å². The average molecular weight is 306 g/mol. The first-order chi connectivity index (χ1) is 10.0. The van der Waals surface area contributed by atoms with E-state index in [4.69, 9.17) is 15.2 Å². The highest BCUT2D eigenvalue weighted by Crippen LogP contribution is 2.30. The van der Waals surface area contributed by atoms with Gasteiger partial charge in [0.25, 0.3) is 0 Å². The van der Waals surface area contributed by atoms with Gasteiger partial charge in [-0.15, -0.1) is 11.3 Å². The molecule has 1 atom stereocenters. The second-order valence-electron chi connectivity index (χ2n) is 5.25. The van der Waals surface area contributed by atoms with Crippen LogP contribution in [0.2, 0.25) is 0 Å². The van der Waals surface area contributed by atoms with Gasteiger partial charge in [0, 0.05) is 17.8 Å². The second-order valence-corrected chi connectivity index (χ2v) is 6.19. The molecule has 0 aliphatic heterocycles. The molecule has 0 bridgehead atoms. The summed E-state index contributed by atoms with van der Waals surface area (Å²) in [5, 5.41) is 3.18. The zero-order chi connectivity index (χ0) is 15.4. The van der Waals surface area contributed by atoms with Crippen LogP contribution < -0.4 is 15.2 Å². The van der Waals surface area contributed by atoms with Gasteiger partial charge in [-0.1, -0.05) is 19.9 Å². The van der Waals surface area contributed by atoms with Gasteiger partial charge in [-0.3, -0.25) is 0 Å². The van der Waals surface area contributed by atoms with Crippen LogP contribution in [-0.4, -0.2) is 19.2 Å². The molecule has 1 aromatic heterocycles. The Morgan fingerprint density at radius 2 is 1.90 bits per heavy atom. The van der Waals surface area contributed by atoms with Crippen LogP contribution in [0, 0.1) is 0 Å². The van der Waals surface area contributed by atoms with Gasteiger partial charge in [-0.25, -0.2) is 4.98 Å². The first-order valence-electron chi connectivity index (χ1n) is 6.97. The molecule has 2 N–H and O–H groups in total. The molecule has 1 heterocycles. The van der Waals surface area contributed by atoms with E-state index in [2.05, 4.69) is 24.2 Å². The Morgan fingerprint density at radius 3 is 2.48 bits per heavy atom. The van der Waals surface area contributed by atoms with Gasteiger partial charge in [-0.2, -0.15) is 0 Å². The molecule has 1 aromatic carbocycles. The fourth-order valence-corrected chi connectivity index (χ4v) is 3.09. The van der Waals surface area contributed by atoms with Crippen LogP contribution in [0.1, 0.15) is 42.1 Å². The molecular weight excluding hydrogens is 284 g/mol. The van der Waals surface area contributed by atoms with E-state index in [1.54, 1.807) is 25.6 Å². The van der Waals surface area contributed by atoms with Gasteiger partial charge in [0.15, 0.2) is 11.5 Å². The highest BCUT2D eigenvalue weighted by atomic mass is 32.1. The number of methoxy groups -OCH3 is 2. The first kappa shape index (κ1) is 15.8. The summed E-state index contributed by atoms with van der Waals surface area (Å²) < 4.78 is 10.6. The van der Waals surface area contributed by atoms with E-state index in [-0.39, 0.29) is 6.04 Å². The summed E-state index contributed by atoms with van der Waals surface area (Å²) in [7, 11) is 3.25. The summed E-state index contributed by atoms with van der Waals surface area (Å²) >= 11 is 1.67. The molecule has 21 heavy (non-hydrogen) atoms. The van der Waals surface area contributed by atoms with Crippen LogP contribution in [0.25, 0.3) is 0 Å². The van der Waals surface area contributed by atoms with Crippen molar-refractivity contribution < 1.29 is 9.47 Å². The van der Waals surface area contributed by atoms with E-state index < -0.39 is 0 Å². The van der Waals surface area contributed by atoms with Crippen LogP contribution in [0.4, 0.5) is 0 Å². The number of hydrogen-bond acceptors (Lipinski definition) is 5. The molecule has 114 valence electrons. The third-order valence-corrected chi connectivity index (χ3v) is 4.28. The molecule has 1 unspecified atom stereocenters. The Hall–Kier alpha value is -1.59. The molecule has 0 fully saturated rings. The van der Waals surface area contributed by atoms with Crippen LogP contribution in [0.15, 0.2) is 23.6 Å². The minimum atomic E-state index is -0.101. The molecule has 0 aliphatic carbocycles. The predicted octanol–water partition coefficient (Wildman–Crippen LogP) is 3.53. The topological polar surface area (TPSA) is 57.4 Å². The monoisotopic (exact) mass is 306 g/mol. The largest absolute Gasteiger partial charge is 0.493 e. The Balaban J connectivity index is 2.13. The lowest BCUT2D eigenvalue weighted by molar-refractivity contribution is 0.354. The molecular formula is C16H22N2O2S. The number of benzene rings is 1. The van der Waals surface area contributed by atoms with Crippen molar-refractivity contribution in [2.45, 2.75) is 32.2 Å². The maximum Gasteiger partial charge on any atom is 0.161 e. The van der Waals surface area contributed by atoms with Crippen LogP contribution >= 0.6 is 11.3 Å². The molecule has 0 saturated carbocycles. The fraction of sp³-hybridized carbons (Fsp3) is 0.438. The molecule has 0 amide bonds. The lowest BCUT2D eigenvalue weighted by Gasteiger charge is -2.14. The van der Waals surface area contributed by atoms with Crippen molar-refractivity contribution in [3.8, 4) is 11.5 Å². The zero-order valence-corrected chi connectivity index (χ0v) is 13.7. The van der Waals surface area contributed by atoms with Gasteiger partial charge in [0.2, 0.25) is 0 Å². The molecule has 0 saturated heterocycles. The summed E-state index contributed by atoms with van der Waals surface area (Å²) in [6, 6.07) is 5.69. The summed E-state index contributed by atoms with van der Waals surface area (Å²) in [6.45, 7) is 4.29. The fourth-order valence-electron chi connectivity index (χ4n) is 2.07. The lowest BCUT2D eigenvalue weighted by atomic mass is 10.0. The minimum Gasteiger partial charge on any atom is -0.493 e. The predicted molar refractivity (Wildman–Crippen MR) is 86.4 cm³/mol. The lowest BCUT2D eigenvalue weighted by Crippen LogP contribution is -2.13. The van der Waals surface area contributed by atoms with E-state index in [0.29, 0.717) is 17.4 Å². The highest BCUT2D eigenvalue weighted by molar-refractivity contribution is 7.09. The molecule has 0 radical (unpaired) electrons. The first-order valence-corrected chi connectivity index (χ1v) is 7.85. The second kappa shape index (κ2) is 6.91. The Morgan fingerprint density at radius 1 is 1.19 bits per heavy atom. The molecule has 0 spiro atoms. The van der Waals surface area contributed by atoms with Crippen molar-refractivity contribution in [1.82, 2.24) is 4.98 Å². The summed E-state index contributed by atoms with van der Waals surface area (Å²) in [5.74, 6) is 1.87. The van der Waals surface area contributed by atoms with Crippen molar-refractivity contribution in [3.05, 3.63) is 39.8 Å². The SMILES string of the molecule is COc1ccc(C(N)Cc2nc(C(C)C)cs2)cc1OC. The standard InChI is InChI=1S/C16H22N2O2S/c1-10(2)13-9-21-16(18-13)8-12(17)11-5-6-14(19-3)15(7-11)20-4/h5-7,9-10,12H,8,17H2,1-4H3. The third-order valence-electron chi connectivity index (χ3n) is 3.39. The normalized spacial score (nSPS) is 12.5. The van der Waals surface area contributed by atoms with Crippen molar-refractivity contribution >= 4 is 11.3 Å². The number of hydrogen-bond donors (Lipinski definition) is 1. The number of nitrogens with two attached hydrogens (primary N) is 1. The van der Waals surface area contributed by atoms with Crippen molar-refractivity contribution in [1.29, 1.82) is 0 Å². The van der Waals surface area contributed by atoms with Gasteiger partial charge in [-0.05, 0) is 23.6 Å². The molecule has 4 nitrogen and oxygen atoms in total. The number of thiazole rings is 1. The smallest absolute Gasteiger partial charge is 0.161 e. The quantitative estimate of drug-likeness (QED) is 0.887. The summed E-state index contributed by atoms with van der Waals surface area (Å²) in [5.41, 5.74) is 8.45. The number of aromatic nitrogens is 1. The summed E-state index contributed by atoms with van der Waals surface area (Å²) in [6.07, 6.45) is 0.729. The van der Waals surface area contributed by atoms with Gasteiger partial charge in [0.05, 0.1) is 24.9 Å². The maximum absolute atomic E-state index is 6.30. The molecule has 2 rings (SSSR count). The number of rotatable bonds is 6. The van der Waals surface area contributed by atoms with E-state index in [9.17, 15) is 0 Å². The minimum absolute atomic E-state index is 0.101. The Bertz CT molecular complexity index is 596. The van der Waals surface area contributed by atoms with E-state index >= 15 is 0 Å². The van der Waals surface area contributed by atoms with E-state index in [0.717, 1.165) is 22.7 Å². The van der Waals surface area contributed by atoms with Gasteiger partial charge >= 0.3 is 0 Å². The number of nitrogens with zero attached hydrogens (tertiary/aromatic N) is 1. The maximum atomic E-state index is 6.30. The van der Waals surface area contributed by atoms with Crippen LogP contribution in [-0.2, 0) is 6.42 Å². The molecule has 2 aromatic rings. The number of ether oxygens (including phenoxy) is 2. The van der Waals surface area contributed by atoms with Crippen molar-refractivity contribution in [2.24, 2.45) is 5.73 Å². The van der Waals surface area contributed by atoms with Gasteiger partial charge in [0.1, 0.15) is 0 Å². The van der Waals surface area contributed by atoms with Crippen molar-refractivity contribution in [3.63, 3.8) is 0 Å². The van der Waals surface area contributed by atoms with Crippen molar-refractivity contribution in [2.75, 3.05) is 14.2 Å². The Labute approximate surface area is 129 Å².